The maximum absolute atomic E-state index is 6.15. The van der Waals surface area contributed by atoms with Crippen molar-refractivity contribution in [3.63, 3.8) is 0 Å². The number of piperidine rings is 1. The molecule has 2 aliphatic rings. The molecule has 2 atom stereocenters. The maximum Gasteiger partial charge on any atom is 0.124 e. The van der Waals surface area contributed by atoms with Crippen molar-refractivity contribution in [2.45, 2.75) is 44.8 Å². The van der Waals surface area contributed by atoms with E-state index in [2.05, 4.69) is 55.4 Å². The number of hydrogen-bond donors (Lipinski definition) is 1. The van der Waals surface area contributed by atoms with Gasteiger partial charge in [0.25, 0.3) is 0 Å². The number of rotatable bonds is 3. The molecule has 0 saturated carbocycles. The van der Waals surface area contributed by atoms with Gasteiger partial charge in [-0.15, -0.1) is 0 Å². The molecule has 0 radical (unpaired) electrons. The van der Waals surface area contributed by atoms with E-state index < -0.39 is 0 Å². The molecule has 0 amide bonds. The predicted molar refractivity (Wildman–Crippen MR) is 86.7 cm³/mol. The van der Waals surface area contributed by atoms with E-state index in [9.17, 15) is 0 Å². The number of hydrogen-bond acceptors (Lipinski definition) is 3. The van der Waals surface area contributed by atoms with Crippen LogP contribution in [0.2, 0.25) is 0 Å². The normalized spacial score (nSPS) is 28.0. The number of fused-ring (bicyclic) bond motifs is 1. The van der Waals surface area contributed by atoms with Crippen molar-refractivity contribution in [1.29, 1.82) is 0 Å². The van der Waals surface area contributed by atoms with E-state index in [1.807, 2.05) is 0 Å². The third kappa shape index (κ3) is 3.41. The Balaban J connectivity index is 1.76. The second-order valence-corrected chi connectivity index (χ2v) is 7.27. The molecule has 116 valence electrons. The molecule has 3 rings (SSSR count). The fourth-order valence-electron chi connectivity index (χ4n) is 3.77. The van der Waals surface area contributed by atoms with E-state index in [4.69, 9.17) is 4.74 Å². The molecule has 21 heavy (non-hydrogen) atoms. The van der Waals surface area contributed by atoms with Crippen LogP contribution in [0.4, 0.5) is 0 Å². The van der Waals surface area contributed by atoms with Crippen molar-refractivity contribution < 1.29 is 4.74 Å². The number of ether oxygens (including phenoxy) is 1. The highest BCUT2D eigenvalue weighted by Gasteiger charge is 2.36. The Morgan fingerprint density at radius 1 is 1.33 bits per heavy atom. The lowest BCUT2D eigenvalue weighted by atomic mass is 9.88. The summed E-state index contributed by atoms with van der Waals surface area (Å²) >= 11 is 0. The van der Waals surface area contributed by atoms with Crippen LogP contribution in [0.25, 0.3) is 0 Å². The molecule has 3 nitrogen and oxygen atoms in total. The van der Waals surface area contributed by atoms with Gasteiger partial charge in [-0.1, -0.05) is 18.2 Å². The van der Waals surface area contributed by atoms with Crippen LogP contribution in [0.15, 0.2) is 24.3 Å². The molecule has 1 aromatic rings. The van der Waals surface area contributed by atoms with Gasteiger partial charge in [0.2, 0.25) is 0 Å². The summed E-state index contributed by atoms with van der Waals surface area (Å²) in [6, 6.07) is 9.00. The highest BCUT2D eigenvalue weighted by Crippen LogP contribution is 2.42. The molecule has 0 aliphatic carbocycles. The number of nitrogens with one attached hydrogen (secondary N) is 1. The standard InChI is InChI=1S/C18H28N2O/c1-18(2)11-16(15-8-4-5-9-17(15)21-18)20(3)13-14-7-6-10-19-12-14/h4-5,8-9,14,16,19H,6-7,10-13H2,1-3H3. The third-order valence-electron chi connectivity index (χ3n) is 4.83. The molecule has 0 aromatic heterocycles. The summed E-state index contributed by atoms with van der Waals surface area (Å²) in [6.07, 6.45) is 3.72. The van der Waals surface area contributed by atoms with E-state index in [0.717, 1.165) is 18.1 Å². The Bertz CT molecular complexity index is 480. The third-order valence-corrected chi connectivity index (χ3v) is 4.83. The molecule has 2 unspecified atom stereocenters. The van der Waals surface area contributed by atoms with Crippen LogP contribution in [-0.4, -0.2) is 37.2 Å². The first-order valence-corrected chi connectivity index (χ1v) is 8.24. The largest absolute Gasteiger partial charge is 0.487 e. The predicted octanol–water partition coefficient (Wildman–Crippen LogP) is 3.22. The lowest BCUT2D eigenvalue weighted by Gasteiger charge is -2.42. The zero-order valence-corrected chi connectivity index (χ0v) is 13.6. The zero-order valence-electron chi connectivity index (χ0n) is 13.6. The Kier molecular flexibility index (Phi) is 4.23. The second kappa shape index (κ2) is 5.98. The first-order chi connectivity index (χ1) is 10.1. The number of nitrogens with zero attached hydrogens (tertiary/aromatic N) is 1. The van der Waals surface area contributed by atoms with Gasteiger partial charge in [0.15, 0.2) is 0 Å². The van der Waals surface area contributed by atoms with Crippen LogP contribution in [0.5, 0.6) is 5.75 Å². The molecule has 0 bridgehead atoms. The highest BCUT2D eigenvalue weighted by atomic mass is 16.5. The lowest BCUT2D eigenvalue weighted by molar-refractivity contribution is 0.0322. The molecule has 2 heterocycles. The van der Waals surface area contributed by atoms with Crippen molar-refractivity contribution in [2.24, 2.45) is 5.92 Å². The Morgan fingerprint density at radius 2 is 2.14 bits per heavy atom. The molecular formula is C18H28N2O. The fraction of sp³-hybridized carbons (Fsp3) is 0.667. The van der Waals surface area contributed by atoms with Crippen molar-refractivity contribution in [3.05, 3.63) is 29.8 Å². The van der Waals surface area contributed by atoms with E-state index in [1.54, 1.807) is 0 Å². The molecule has 2 aliphatic heterocycles. The second-order valence-electron chi connectivity index (χ2n) is 7.27. The average Bonchev–Trinajstić information content (AvgIpc) is 2.46. The van der Waals surface area contributed by atoms with Gasteiger partial charge in [-0.05, 0) is 58.8 Å². The summed E-state index contributed by atoms with van der Waals surface area (Å²) in [4.78, 5) is 2.54. The van der Waals surface area contributed by atoms with Crippen LogP contribution >= 0.6 is 0 Å². The Labute approximate surface area is 128 Å². The summed E-state index contributed by atoms with van der Waals surface area (Å²) in [5.74, 6) is 1.84. The summed E-state index contributed by atoms with van der Waals surface area (Å²) < 4.78 is 6.15. The smallest absolute Gasteiger partial charge is 0.124 e. The van der Waals surface area contributed by atoms with Gasteiger partial charge in [0, 0.05) is 24.6 Å². The molecular weight excluding hydrogens is 260 g/mol. The van der Waals surface area contributed by atoms with Crippen molar-refractivity contribution in [2.75, 3.05) is 26.7 Å². The van der Waals surface area contributed by atoms with Gasteiger partial charge < -0.3 is 10.1 Å². The van der Waals surface area contributed by atoms with Crippen LogP contribution in [0.3, 0.4) is 0 Å². The number of benzene rings is 1. The minimum atomic E-state index is -0.0852. The van der Waals surface area contributed by atoms with Gasteiger partial charge in [-0.3, -0.25) is 4.90 Å². The SMILES string of the molecule is CN(CC1CCCNC1)C1CC(C)(C)Oc2ccccc21. The van der Waals surface area contributed by atoms with Gasteiger partial charge >= 0.3 is 0 Å². The summed E-state index contributed by atoms with van der Waals surface area (Å²) in [6.45, 7) is 7.92. The monoisotopic (exact) mass is 288 g/mol. The van der Waals surface area contributed by atoms with Crippen LogP contribution in [0, 0.1) is 5.92 Å². The molecule has 1 N–H and O–H groups in total. The van der Waals surface area contributed by atoms with Gasteiger partial charge in [-0.25, -0.2) is 0 Å². The molecule has 0 spiro atoms. The molecule has 1 aromatic carbocycles. The van der Waals surface area contributed by atoms with Gasteiger partial charge in [0.05, 0.1) is 0 Å². The van der Waals surface area contributed by atoms with E-state index in [0.29, 0.717) is 6.04 Å². The first kappa shape index (κ1) is 14.9. The van der Waals surface area contributed by atoms with Gasteiger partial charge in [0.1, 0.15) is 11.4 Å². The minimum absolute atomic E-state index is 0.0852. The van der Waals surface area contributed by atoms with Gasteiger partial charge in [-0.2, -0.15) is 0 Å². The van der Waals surface area contributed by atoms with Crippen molar-refractivity contribution in [1.82, 2.24) is 10.2 Å². The summed E-state index contributed by atoms with van der Waals surface area (Å²) in [7, 11) is 2.28. The zero-order chi connectivity index (χ0) is 14.9. The van der Waals surface area contributed by atoms with E-state index >= 15 is 0 Å². The Hall–Kier alpha value is -1.06. The molecule has 1 saturated heterocycles. The van der Waals surface area contributed by atoms with Crippen molar-refractivity contribution >= 4 is 0 Å². The Morgan fingerprint density at radius 3 is 2.90 bits per heavy atom. The topological polar surface area (TPSA) is 24.5 Å². The van der Waals surface area contributed by atoms with E-state index in [1.165, 1.54) is 38.0 Å². The lowest BCUT2D eigenvalue weighted by Crippen LogP contribution is -2.43. The number of para-hydroxylation sites is 1. The fourth-order valence-corrected chi connectivity index (χ4v) is 3.77. The average molecular weight is 288 g/mol. The summed E-state index contributed by atoms with van der Waals surface area (Å²) in [5.41, 5.74) is 1.26. The van der Waals surface area contributed by atoms with Crippen LogP contribution < -0.4 is 10.1 Å². The molecule has 3 heteroatoms. The minimum Gasteiger partial charge on any atom is -0.487 e. The quantitative estimate of drug-likeness (QED) is 0.924. The first-order valence-electron chi connectivity index (χ1n) is 8.24. The highest BCUT2D eigenvalue weighted by molar-refractivity contribution is 5.38. The summed E-state index contributed by atoms with van der Waals surface area (Å²) in [5, 5.41) is 3.53. The van der Waals surface area contributed by atoms with Crippen molar-refractivity contribution in [3.8, 4) is 5.75 Å². The van der Waals surface area contributed by atoms with Crippen LogP contribution in [0.1, 0.15) is 44.7 Å². The maximum atomic E-state index is 6.15. The van der Waals surface area contributed by atoms with E-state index in [-0.39, 0.29) is 5.60 Å². The molecule has 1 fully saturated rings. The van der Waals surface area contributed by atoms with Crippen LogP contribution in [-0.2, 0) is 0 Å².